The van der Waals surface area contributed by atoms with E-state index in [1.54, 1.807) is 6.07 Å². The molecule has 0 unspecified atom stereocenters. The van der Waals surface area contributed by atoms with Gasteiger partial charge in [-0.15, -0.1) is 0 Å². The van der Waals surface area contributed by atoms with E-state index in [9.17, 15) is 13.2 Å². The Morgan fingerprint density at radius 1 is 1.08 bits per heavy atom. The van der Waals surface area contributed by atoms with Gasteiger partial charge in [-0.3, -0.25) is 4.79 Å². The Bertz CT molecular complexity index is 961. The first-order valence-corrected chi connectivity index (χ1v) is 10.0. The molecule has 3 N–H and O–H groups in total. The maximum absolute atomic E-state index is 12.0. The third-order valence-electron chi connectivity index (χ3n) is 5.66. The van der Waals surface area contributed by atoms with Crippen molar-refractivity contribution in [2.75, 3.05) is 31.1 Å². The van der Waals surface area contributed by atoms with E-state index in [1.807, 2.05) is 24.3 Å². The molecule has 1 aromatic heterocycles. The van der Waals surface area contributed by atoms with Gasteiger partial charge in [0.25, 0.3) is 10.2 Å². The van der Waals surface area contributed by atoms with Crippen molar-refractivity contribution in [1.29, 1.82) is 0 Å². The summed E-state index contributed by atoms with van der Waals surface area (Å²) in [5.74, 6) is 0. The van der Waals surface area contributed by atoms with E-state index in [0.717, 1.165) is 48.9 Å². The Kier molecular flexibility index (Phi) is 3.86. The van der Waals surface area contributed by atoms with Crippen LogP contribution in [0.5, 0.6) is 0 Å². The van der Waals surface area contributed by atoms with Gasteiger partial charge in [0.2, 0.25) is 5.56 Å². The lowest BCUT2D eigenvalue weighted by molar-refractivity contribution is 0.235. The van der Waals surface area contributed by atoms with Gasteiger partial charge in [-0.2, -0.15) is 12.7 Å². The van der Waals surface area contributed by atoms with Crippen molar-refractivity contribution < 1.29 is 8.42 Å². The maximum atomic E-state index is 12.0. The van der Waals surface area contributed by atoms with E-state index in [1.165, 1.54) is 4.31 Å². The lowest BCUT2D eigenvalue weighted by atomic mass is 9.77. The van der Waals surface area contributed by atoms with E-state index in [0.29, 0.717) is 13.1 Å². The predicted molar refractivity (Wildman–Crippen MR) is 97.7 cm³/mol. The number of piperidine rings is 1. The molecule has 25 heavy (non-hydrogen) atoms. The Morgan fingerprint density at radius 3 is 2.44 bits per heavy atom. The van der Waals surface area contributed by atoms with Gasteiger partial charge in [0, 0.05) is 37.6 Å². The third-order valence-corrected chi connectivity index (χ3v) is 6.69. The molecule has 0 bridgehead atoms. The first-order chi connectivity index (χ1) is 11.9. The number of hydrogen-bond acceptors (Lipinski definition) is 4. The van der Waals surface area contributed by atoms with Crippen molar-refractivity contribution in [2.45, 2.75) is 19.3 Å². The highest BCUT2D eigenvalue weighted by Gasteiger charge is 2.43. The smallest absolute Gasteiger partial charge is 0.276 e. The Morgan fingerprint density at radius 2 is 1.76 bits per heavy atom. The summed E-state index contributed by atoms with van der Waals surface area (Å²) < 4.78 is 24.6. The number of pyridine rings is 1. The Hall–Kier alpha value is -1.90. The number of nitrogens with two attached hydrogens (primary N) is 1. The number of aromatic amines is 1. The second-order valence-electron chi connectivity index (χ2n) is 7.18. The lowest BCUT2D eigenvalue weighted by Crippen LogP contribution is -2.43. The SMILES string of the molecule is NS(=O)(=O)N1CCC2(CCN(c3cc(=O)[nH]c4ccccc34)CC2)C1. The van der Waals surface area contributed by atoms with Crippen molar-refractivity contribution in [3.05, 3.63) is 40.7 Å². The molecule has 1 aromatic carbocycles. The first kappa shape index (κ1) is 16.6. The van der Waals surface area contributed by atoms with E-state index in [4.69, 9.17) is 5.14 Å². The lowest BCUT2D eigenvalue weighted by Gasteiger charge is -2.40. The molecule has 3 heterocycles. The van der Waals surface area contributed by atoms with Gasteiger partial charge in [-0.1, -0.05) is 18.2 Å². The van der Waals surface area contributed by atoms with Crippen LogP contribution in [0.15, 0.2) is 35.1 Å². The minimum atomic E-state index is -3.60. The molecule has 0 amide bonds. The Labute approximate surface area is 146 Å². The molecule has 8 heteroatoms. The highest BCUT2D eigenvalue weighted by Crippen LogP contribution is 2.42. The quantitative estimate of drug-likeness (QED) is 0.833. The minimum Gasteiger partial charge on any atom is -0.371 e. The van der Waals surface area contributed by atoms with E-state index in [-0.39, 0.29) is 11.0 Å². The van der Waals surface area contributed by atoms with Crippen LogP contribution in [0.3, 0.4) is 0 Å². The summed E-state index contributed by atoms with van der Waals surface area (Å²) in [6, 6.07) is 9.46. The third kappa shape index (κ3) is 3.05. The van der Waals surface area contributed by atoms with E-state index >= 15 is 0 Å². The number of para-hydroxylation sites is 1. The summed E-state index contributed by atoms with van der Waals surface area (Å²) >= 11 is 0. The van der Waals surface area contributed by atoms with Gasteiger partial charge in [-0.05, 0) is 30.7 Å². The fourth-order valence-electron chi connectivity index (χ4n) is 4.19. The average Bonchev–Trinajstić information content (AvgIpc) is 2.99. The molecular formula is C17H22N4O3S. The normalized spacial score (nSPS) is 21.2. The summed E-state index contributed by atoms with van der Waals surface area (Å²) in [6.07, 6.45) is 2.66. The fourth-order valence-corrected chi connectivity index (χ4v) is 4.99. The summed E-state index contributed by atoms with van der Waals surface area (Å²) in [4.78, 5) is 17.1. The number of nitrogens with one attached hydrogen (secondary N) is 1. The summed E-state index contributed by atoms with van der Waals surface area (Å²) in [5.41, 5.74) is 1.71. The van der Waals surface area contributed by atoms with Crippen LogP contribution in [0.4, 0.5) is 5.69 Å². The van der Waals surface area contributed by atoms with Crippen LogP contribution in [0.1, 0.15) is 19.3 Å². The largest absolute Gasteiger partial charge is 0.371 e. The topological polar surface area (TPSA) is 99.5 Å². The first-order valence-electron chi connectivity index (χ1n) is 8.51. The van der Waals surface area contributed by atoms with Gasteiger partial charge in [0.05, 0.1) is 11.2 Å². The van der Waals surface area contributed by atoms with E-state index < -0.39 is 10.2 Å². The maximum Gasteiger partial charge on any atom is 0.276 e. The highest BCUT2D eigenvalue weighted by atomic mass is 32.2. The van der Waals surface area contributed by atoms with E-state index in [2.05, 4.69) is 9.88 Å². The van der Waals surface area contributed by atoms with Crippen LogP contribution >= 0.6 is 0 Å². The minimum absolute atomic E-state index is 0.0138. The number of benzene rings is 1. The van der Waals surface area contributed by atoms with Crippen molar-refractivity contribution in [3.8, 4) is 0 Å². The number of H-pyrrole nitrogens is 1. The molecule has 2 aliphatic heterocycles. The molecule has 0 saturated carbocycles. The predicted octanol–water partition coefficient (Wildman–Crippen LogP) is 1.02. The second kappa shape index (κ2) is 5.82. The van der Waals surface area contributed by atoms with Crippen LogP contribution in [-0.2, 0) is 10.2 Å². The number of nitrogens with zero attached hydrogens (tertiary/aromatic N) is 2. The zero-order chi connectivity index (χ0) is 17.7. The van der Waals surface area contributed by atoms with Crippen molar-refractivity contribution in [3.63, 3.8) is 0 Å². The van der Waals surface area contributed by atoms with Crippen LogP contribution < -0.4 is 15.6 Å². The molecule has 0 atom stereocenters. The molecule has 2 aromatic rings. The highest BCUT2D eigenvalue weighted by molar-refractivity contribution is 7.86. The second-order valence-corrected chi connectivity index (χ2v) is 8.73. The molecule has 2 aliphatic rings. The monoisotopic (exact) mass is 362 g/mol. The zero-order valence-corrected chi connectivity index (χ0v) is 14.8. The zero-order valence-electron chi connectivity index (χ0n) is 13.9. The number of anilines is 1. The van der Waals surface area contributed by atoms with Gasteiger partial charge in [0.1, 0.15) is 0 Å². The molecule has 0 radical (unpaired) electrons. The molecule has 2 fully saturated rings. The Balaban J connectivity index is 1.57. The van der Waals surface area contributed by atoms with Crippen molar-refractivity contribution >= 4 is 26.8 Å². The average molecular weight is 362 g/mol. The summed E-state index contributed by atoms with van der Waals surface area (Å²) in [7, 11) is -3.60. The number of fused-ring (bicyclic) bond motifs is 1. The molecule has 134 valence electrons. The molecule has 0 aliphatic carbocycles. The van der Waals surface area contributed by atoms with Gasteiger partial charge in [-0.25, -0.2) is 5.14 Å². The van der Waals surface area contributed by atoms with Crippen LogP contribution in [-0.4, -0.2) is 43.9 Å². The van der Waals surface area contributed by atoms with Crippen LogP contribution in [0.2, 0.25) is 0 Å². The molecule has 2 saturated heterocycles. The number of rotatable bonds is 2. The van der Waals surface area contributed by atoms with Gasteiger partial charge < -0.3 is 9.88 Å². The van der Waals surface area contributed by atoms with Crippen molar-refractivity contribution in [1.82, 2.24) is 9.29 Å². The standard InChI is InChI=1S/C17H22N4O3S/c18-25(23,24)21-10-7-17(12-21)5-8-20(9-6-17)15-11-16(22)19-14-4-2-1-3-13(14)15/h1-4,11H,5-10,12H2,(H,19,22)(H2,18,23,24). The summed E-state index contributed by atoms with van der Waals surface area (Å²) in [5, 5.41) is 6.32. The molecule has 1 spiro atoms. The van der Waals surface area contributed by atoms with Gasteiger partial charge in [0.15, 0.2) is 0 Å². The van der Waals surface area contributed by atoms with Crippen molar-refractivity contribution in [2.24, 2.45) is 10.6 Å². The van der Waals surface area contributed by atoms with Gasteiger partial charge >= 0.3 is 0 Å². The number of hydrogen-bond donors (Lipinski definition) is 2. The number of aromatic nitrogens is 1. The van der Waals surface area contributed by atoms with Crippen LogP contribution in [0, 0.1) is 5.41 Å². The fraction of sp³-hybridized carbons (Fsp3) is 0.471. The summed E-state index contributed by atoms with van der Waals surface area (Å²) in [6.45, 7) is 2.64. The van der Waals surface area contributed by atoms with Crippen LogP contribution in [0.25, 0.3) is 10.9 Å². The molecule has 4 rings (SSSR count). The molecular weight excluding hydrogens is 340 g/mol. The molecule has 7 nitrogen and oxygen atoms in total.